The van der Waals surface area contributed by atoms with Crippen LogP contribution in [0.2, 0.25) is 0 Å². The minimum atomic E-state index is -4.58. The summed E-state index contributed by atoms with van der Waals surface area (Å²) in [6, 6.07) is 4.17. The Balaban J connectivity index is 1.62. The summed E-state index contributed by atoms with van der Waals surface area (Å²) < 4.78 is 61.3. The van der Waals surface area contributed by atoms with Crippen LogP contribution in [0.25, 0.3) is 5.65 Å². The Morgan fingerprint density at radius 3 is 2.84 bits per heavy atom. The highest BCUT2D eigenvalue weighted by atomic mass is 32.2. The fourth-order valence-electron chi connectivity index (χ4n) is 4.01. The number of thioether (sulfide) groups is 1. The normalized spacial score (nSPS) is 18.1. The van der Waals surface area contributed by atoms with Crippen LogP contribution in [0.1, 0.15) is 22.5 Å². The summed E-state index contributed by atoms with van der Waals surface area (Å²) in [5, 5.41) is 5.82. The third-order valence-corrected chi connectivity index (χ3v) is 6.62. The van der Waals surface area contributed by atoms with Crippen LogP contribution in [0, 0.1) is 11.8 Å². The van der Waals surface area contributed by atoms with Crippen LogP contribution in [-0.4, -0.2) is 76.7 Å². The van der Waals surface area contributed by atoms with Crippen molar-refractivity contribution >= 4 is 34.7 Å². The van der Waals surface area contributed by atoms with Gasteiger partial charge in [0.05, 0.1) is 36.6 Å². The SMILES string of the molecule is COc1ncc(C(N)=O)cc1NCC#Cc1nc2c(N[C@@H]3CCN(C)C[C@@H]3F)cccn2c1SC(F)(F)F. The van der Waals surface area contributed by atoms with E-state index in [2.05, 4.69) is 32.4 Å². The molecule has 0 bridgehead atoms. The lowest BCUT2D eigenvalue weighted by atomic mass is 10.0. The first-order chi connectivity index (χ1) is 18.1. The predicted octanol–water partition coefficient (Wildman–Crippen LogP) is 3.37. The fraction of sp³-hybridized carbons (Fsp3) is 0.375. The van der Waals surface area contributed by atoms with E-state index in [1.54, 1.807) is 12.1 Å². The maximum Gasteiger partial charge on any atom is 0.447 e. The van der Waals surface area contributed by atoms with E-state index in [0.717, 1.165) is 0 Å². The molecule has 4 rings (SSSR count). The van der Waals surface area contributed by atoms with Crippen LogP contribution < -0.4 is 21.1 Å². The molecule has 4 N–H and O–H groups in total. The van der Waals surface area contributed by atoms with Crippen LogP contribution >= 0.6 is 11.8 Å². The molecule has 0 spiro atoms. The number of anilines is 2. The zero-order chi connectivity index (χ0) is 27.4. The van der Waals surface area contributed by atoms with E-state index in [4.69, 9.17) is 10.5 Å². The van der Waals surface area contributed by atoms with E-state index in [1.165, 1.54) is 30.0 Å². The van der Waals surface area contributed by atoms with Gasteiger partial charge in [-0.1, -0.05) is 5.92 Å². The van der Waals surface area contributed by atoms with Crippen molar-refractivity contribution in [2.75, 3.05) is 44.4 Å². The molecule has 1 aliphatic heterocycles. The van der Waals surface area contributed by atoms with Gasteiger partial charge in [0.15, 0.2) is 5.65 Å². The van der Waals surface area contributed by atoms with Crippen molar-refractivity contribution in [2.45, 2.75) is 29.2 Å². The predicted molar refractivity (Wildman–Crippen MR) is 136 cm³/mol. The third-order valence-electron chi connectivity index (χ3n) is 5.81. The van der Waals surface area contributed by atoms with Gasteiger partial charge in [0.25, 0.3) is 0 Å². The van der Waals surface area contributed by atoms with Gasteiger partial charge in [-0.2, -0.15) is 13.2 Å². The highest BCUT2D eigenvalue weighted by molar-refractivity contribution is 8.00. The van der Waals surface area contributed by atoms with Crippen LogP contribution in [0.15, 0.2) is 35.6 Å². The number of hydrogen-bond acceptors (Lipinski definition) is 8. The number of hydrogen-bond donors (Lipinski definition) is 3. The second-order valence-electron chi connectivity index (χ2n) is 8.55. The molecule has 3 aromatic heterocycles. The van der Waals surface area contributed by atoms with Gasteiger partial charge in [-0.15, -0.1) is 0 Å². The van der Waals surface area contributed by atoms with Crippen molar-refractivity contribution in [3.8, 4) is 17.7 Å². The molecule has 3 aromatic rings. The molecule has 4 heterocycles. The smallest absolute Gasteiger partial charge is 0.447 e. The zero-order valence-electron chi connectivity index (χ0n) is 20.5. The standard InChI is InChI=1S/C24H25F4N7O2S/c1-34-10-7-16(15(25)13-34)32-17-6-4-9-35-21(17)33-18(23(35)38-24(26,27)28)5-3-8-30-19-11-14(20(29)36)12-31-22(19)37-2/h4,6,9,11-12,15-16,30,32H,7-8,10,13H2,1-2H3,(H2,29,36)/t15-,16+/m0/s1. The summed E-state index contributed by atoms with van der Waals surface area (Å²) in [7, 11) is 3.22. The molecule has 2 atom stereocenters. The largest absolute Gasteiger partial charge is 0.480 e. The van der Waals surface area contributed by atoms with Crippen molar-refractivity contribution in [3.05, 3.63) is 41.9 Å². The number of carbonyl (C=O) groups is 1. The van der Waals surface area contributed by atoms with Crippen LogP contribution in [0.4, 0.5) is 28.9 Å². The zero-order valence-corrected chi connectivity index (χ0v) is 21.3. The summed E-state index contributed by atoms with van der Waals surface area (Å²) in [6.45, 7) is 0.933. The molecule has 1 amide bonds. The van der Waals surface area contributed by atoms with Crippen molar-refractivity contribution in [1.29, 1.82) is 0 Å². The number of nitrogens with one attached hydrogen (secondary N) is 2. The number of primary amides is 1. The molecule has 1 aliphatic rings. The molecular weight excluding hydrogens is 526 g/mol. The topological polar surface area (TPSA) is 110 Å². The second kappa shape index (κ2) is 11.4. The number of piperidine rings is 1. The molecule has 1 saturated heterocycles. The highest BCUT2D eigenvalue weighted by Crippen LogP contribution is 2.39. The van der Waals surface area contributed by atoms with Crippen molar-refractivity contribution in [2.24, 2.45) is 5.73 Å². The van der Waals surface area contributed by atoms with Gasteiger partial charge in [0.2, 0.25) is 11.8 Å². The number of likely N-dealkylation sites (tertiary alicyclic amines) is 1. The molecule has 202 valence electrons. The first kappa shape index (κ1) is 27.3. The Morgan fingerprint density at radius 1 is 1.37 bits per heavy atom. The van der Waals surface area contributed by atoms with Crippen LogP contribution in [-0.2, 0) is 0 Å². The van der Waals surface area contributed by atoms with Gasteiger partial charge in [0, 0.05) is 37.2 Å². The summed E-state index contributed by atoms with van der Waals surface area (Å²) in [5.74, 6) is 4.94. The number of halogens is 4. The van der Waals surface area contributed by atoms with E-state index < -0.39 is 23.6 Å². The maximum atomic E-state index is 14.6. The van der Waals surface area contributed by atoms with Crippen LogP contribution in [0.3, 0.4) is 0 Å². The van der Waals surface area contributed by atoms with E-state index >= 15 is 0 Å². The maximum absolute atomic E-state index is 14.6. The Labute approximate surface area is 220 Å². The Kier molecular flexibility index (Phi) is 8.17. The summed E-state index contributed by atoms with van der Waals surface area (Å²) in [5.41, 5.74) is 1.73. The van der Waals surface area contributed by atoms with E-state index in [9.17, 15) is 22.4 Å². The lowest BCUT2D eigenvalue weighted by molar-refractivity contribution is -0.0330. The molecule has 0 radical (unpaired) electrons. The quantitative estimate of drug-likeness (QED) is 0.233. The third kappa shape index (κ3) is 6.40. The second-order valence-corrected chi connectivity index (χ2v) is 9.60. The number of carbonyl (C=O) groups excluding carboxylic acids is 1. The molecule has 0 aromatic carbocycles. The molecule has 38 heavy (non-hydrogen) atoms. The molecule has 0 aliphatic carbocycles. The number of nitrogens with two attached hydrogens (primary N) is 1. The lowest BCUT2D eigenvalue weighted by Gasteiger charge is -2.33. The Bertz CT molecular complexity index is 1390. The van der Waals surface area contributed by atoms with E-state index in [-0.39, 0.29) is 52.7 Å². The van der Waals surface area contributed by atoms with Gasteiger partial charge in [-0.05, 0) is 37.6 Å². The summed E-state index contributed by atoms with van der Waals surface area (Å²) >= 11 is -0.328. The van der Waals surface area contributed by atoms with Gasteiger partial charge in [-0.25, -0.2) is 14.4 Å². The number of alkyl halides is 4. The average molecular weight is 552 g/mol. The number of nitrogens with zero attached hydrogens (tertiary/aromatic N) is 4. The Hall–Kier alpha value is -3.70. The van der Waals surface area contributed by atoms with E-state index in [0.29, 0.717) is 24.3 Å². The molecule has 14 heteroatoms. The van der Waals surface area contributed by atoms with Crippen molar-refractivity contribution in [1.82, 2.24) is 19.3 Å². The van der Waals surface area contributed by atoms with Crippen LogP contribution in [0.5, 0.6) is 5.88 Å². The number of ether oxygens (including phenoxy) is 1. The minimum absolute atomic E-state index is 0.0194. The first-order valence-corrected chi connectivity index (χ1v) is 12.3. The summed E-state index contributed by atoms with van der Waals surface area (Å²) in [6.07, 6.45) is 2.12. The first-order valence-electron chi connectivity index (χ1n) is 11.5. The molecule has 0 unspecified atom stereocenters. The summed E-state index contributed by atoms with van der Waals surface area (Å²) in [4.78, 5) is 21.7. The van der Waals surface area contributed by atoms with E-state index in [1.807, 2.05) is 11.9 Å². The number of pyridine rings is 2. The van der Waals surface area contributed by atoms with Gasteiger partial charge < -0.3 is 26.0 Å². The molecule has 0 saturated carbocycles. The number of imidazole rings is 1. The number of fused-ring (bicyclic) bond motifs is 1. The lowest BCUT2D eigenvalue weighted by Crippen LogP contribution is -2.46. The number of aromatic nitrogens is 3. The average Bonchev–Trinajstić information content (AvgIpc) is 3.20. The number of amides is 1. The molecule has 1 fully saturated rings. The van der Waals surface area contributed by atoms with Gasteiger partial charge in [0.1, 0.15) is 16.9 Å². The number of rotatable bonds is 7. The van der Waals surface area contributed by atoms with Gasteiger partial charge in [-0.3, -0.25) is 9.20 Å². The Morgan fingerprint density at radius 2 is 2.16 bits per heavy atom. The minimum Gasteiger partial charge on any atom is -0.480 e. The number of methoxy groups -OCH3 is 1. The monoisotopic (exact) mass is 551 g/mol. The molecular formula is C24H25F4N7O2S. The molecule has 9 nitrogen and oxygen atoms in total. The van der Waals surface area contributed by atoms with Crippen molar-refractivity contribution < 1.29 is 27.1 Å². The fourth-order valence-corrected chi connectivity index (χ4v) is 4.67. The van der Waals surface area contributed by atoms with Gasteiger partial charge >= 0.3 is 5.51 Å². The van der Waals surface area contributed by atoms with Crippen molar-refractivity contribution in [3.63, 3.8) is 0 Å². The highest BCUT2D eigenvalue weighted by Gasteiger charge is 2.33.